The van der Waals surface area contributed by atoms with Gasteiger partial charge in [-0.05, 0) is 31.5 Å². The van der Waals surface area contributed by atoms with Gasteiger partial charge < -0.3 is 0 Å². The first-order valence-corrected chi connectivity index (χ1v) is 4.69. The Labute approximate surface area is 86.5 Å². The second-order valence-electron chi connectivity index (χ2n) is 3.30. The molecular weight excluding hydrogens is 201 g/mol. The van der Waals surface area contributed by atoms with E-state index in [1.54, 1.807) is 6.07 Å². The molecule has 1 nitrogen and oxygen atoms in total. The van der Waals surface area contributed by atoms with Gasteiger partial charge in [-0.1, -0.05) is 11.6 Å². The molecule has 0 bridgehead atoms. The Hall–Kier alpha value is -1.15. The lowest BCUT2D eigenvalue weighted by molar-refractivity contribution is 0.629. The number of aryl methyl sites for hydroxylation is 1. The van der Waals surface area contributed by atoms with Crippen LogP contribution in [0.15, 0.2) is 18.2 Å². The van der Waals surface area contributed by atoms with Crippen LogP contribution in [0.2, 0.25) is 5.02 Å². The van der Waals surface area contributed by atoms with Crippen LogP contribution in [-0.2, 0) is 0 Å². The Morgan fingerprint density at radius 3 is 2.71 bits per heavy atom. The predicted molar refractivity (Wildman–Crippen MR) is 56.2 cm³/mol. The van der Waals surface area contributed by atoms with E-state index in [1.165, 1.54) is 12.1 Å². The van der Waals surface area contributed by atoms with Crippen LogP contribution in [0.4, 0.5) is 4.39 Å². The van der Waals surface area contributed by atoms with Crippen molar-refractivity contribution in [2.45, 2.75) is 13.8 Å². The van der Waals surface area contributed by atoms with E-state index in [0.29, 0.717) is 10.5 Å². The highest BCUT2D eigenvalue weighted by atomic mass is 35.5. The van der Waals surface area contributed by atoms with Gasteiger partial charge in [-0.2, -0.15) is 0 Å². The Bertz CT molecular complexity index is 508. The van der Waals surface area contributed by atoms with Crippen molar-refractivity contribution >= 4 is 22.5 Å². The molecule has 0 aliphatic rings. The van der Waals surface area contributed by atoms with Crippen LogP contribution >= 0.6 is 11.6 Å². The lowest BCUT2D eigenvalue weighted by Crippen LogP contribution is -1.91. The molecule has 0 fully saturated rings. The third-order valence-corrected chi connectivity index (χ3v) is 2.84. The summed E-state index contributed by atoms with van der Waals surface area (Å²) < 4.78 is 12.9. The van der Waals surface area contributed by atoms with Crippen molar-refractivity contribution < 1.29 is 4.39 Å². The van der Waals surface area contributed by atoms with Gasteiger partial charge in [0, 0.05) is 17.1 Å². The van der Waals surface area contributed by atoms with Gasteiger partial charge in [-0.3, -0.25) is 4.98 Å². The molecule has 1 aromatic carbocycles. The van der Waals surface area contributed by atoms with Gasteiger partial charge >= 0.3 is 0 Å². The number of hydrogen-bond acceptors (Lipinski definition) is 1. The molecule has 0 spiro atoms. The number of hydrogen-bond donors (Lipinski definition) is 0. The molecule has 1 heterocycles. The van der Waals surface area contributed by atoms with Gasteiger partial charge in [0.05, 0.1) is 10.5 Å². The molecule has 0 saturated carbocycles. The van der Waals surface area contributed by atoms with E-state index in [1.807, 2.05) is 13.8 Å². The summed E-state index contributed by atoms with van der Waals surface area (Å²) in [4.78, 5) is 4.27. The first kappa shape index (κ1) is 9.41. The van der Waals surface area contributed by atoms with Crippen LogP contribution in [-0.4, -0.2) is 4.98 Å². The van der Waals surface area contributed by atoms with Gasteiger partial charge in [0.15, 0.2) is 0 Å². The van der Waals surface area contributed by atoms with Crippen molar-refractivity contribution in [1.29, 1.82) is 0 Å². The normalized spacial score (nSPS) is 10.9. The van der Waals surface area contributed by atoms with E-state index < -0.39 is 0 Å². The molecule has 2 aromatic rings. The number of rotatable bonds is 0. The molecule has 72 valence electrons. The first-order chi connectivity index (χ1) is 6.59. The summed E-state index contributed by atoms with van der Waals surface area (Å²) in [6, 6.07) is 4.45. The first-order valence-electron chi connectivity index (χ1n) is 4.31. The van der Waals surface area contributed by atoms with E-state index >= 15 is 0 Å². The van der Waals surface area contributed by atoms with Crippen molar-refractivity contribution in [2.24, 2.45) is 0 Å². The summed E-state index contributed by atoms with van der Waals surface area (Å²) in [7, 11) is 0. The minimum atomic E-state index is -0.288. The van der Waals surface area contributed by atoms with Crippen LogP contribution in [0, 0.1) is 19.7 Å². The third kappa shape index (κ3) is 1.36. The molecule has 0 amide bonds. The zero-order valence-electron chi connectivity index (χ0n) is 7.94. The molecule has 0 N–H and O–H groups in total. The van der Waals surface area contributed by atoms with Crippen molar-refractivity contribution in [2.75, 3.05) is 0 Å². The average molecular weight is 210 g/mol. The van der Waals surface area contributed by atoms with E-state index in [9.17, 15) is 4.39 Å². The van der Waals surface area contributed by atoms with E-state index in [4.69, 9.17) is 11.6 Å². The van der Waals surface area contributed by atoms with Gasteiger partial charge in [-0.25, -0.2) is 4.39 Å². The second-order valence-corrected chi connectivity index (χ2v) is 3.68. The maximum absolute atomic E-state index is 12.9. The number of fused-ring (bicyclic) bond motifs is 1. The van der Waals surface area contributed by atoms with Crippen molar-refractivity contribution in [3.63, 3.8) is 0 Å². The third-order valence-electron chi connectivity index (χ3n) is 2.36. The predicted octanol–water partition coefficient (Wildman–Crippen LogP) is 3.64. The Morgan fingerprint density at radius 2 is 2.00 bits per heavy atom. The summed E-state index contributed by atoms with van der Waals surface area (Å²) in [5.74, 6) is -0.288. The quantitative estimate of drug-likeness (QED) is 0.646. The number of nitrogens with zero attached hydrogens (tertiary/aromatic N) is 1. The Morgan fingerprint density at radius 1 is 1.29 bits per heavy atom. The van der Waals surface area contributed by atoms with E-state index in [0.717, 1.165) is 16.6 Å². The van der Waals surface area contributed by atoms with Crippen molar-refractivity contribution in [3.05, 3.63) is 40.3 Å². The fourth-order valence-corrected chi connectivity index (χ4v) is 1.70. The SMILES string of the molecule is Cc1nc2cc(F)ccc2c(Cl)c1C. The average Bonchev–Trinajstić information content (AvgIpc) is 2.14. The lowest BCUT2D eigenvalue weighted by Gasteiger charge is -2.06. The Balaban J connectivity index is 2.91. The van der Waals surface area contributed by atoms with E-state index in [-0.39, 0.29) is 5.82 Å². The minimum Gasteiger partial charge on any atom is -0.253 e. The van der Waals surface area contributed by atoms with Crippen LogP contribution in [0.25, 0.3) is 10.9 Å². The van der Waals surface area contributed by atoms with Crippen molar-refractivity contribution in [1.82, 2.24) is 4.98 Å². The summed E-state index contributed by atoms with van der Waals surface area (Å²) in [5.41, 5.74) is 2.40. The van der Waals surface area contributed by atoms with E-state index in [2.05, 4.69) is 4.98 Å². The molecule has 0 radical (unpaired) electrons. The molecule has 0 unspecified atom stereocenters. The number of benzene rings is 1. The molecule has 2 rings (SSSR count). The maximum atomic E-state index is 12.9. The van der Waals surface area contributed by atoms with Crippen LogP contribution in [0.1, 0.15) is 11.3 Å². The van der Waals surface area contributed by atoms with Gasteiger partial charge in [-0.15, -0.1) is 0 Å². The number of pyridine rings is 1. The molecule has 1 aromatic heterocycles. The number of halogens is 2. The highest BCUT2D eigenvalue weighted by Gasteiger charge is 2.07. The molecule has 14 heavy (non-hydrogen) atoms. The Kier molecular flexibility index (Phi) is 2.16. The number of aromatic nitrogens is 1. The topological polar surface area (TPSA) is 12.9 Å². The summed E-state index contributed by atoms with van der Waals surface area (Å²) in [5, 5.41) is 1.46. The minimum absolute atomic E-state index is 0.288. The fourth-order valence-electron chi connectivity index (χ4n) is 1.41. The summed E-state index contributed by atoms with van der Waals surface area (Å²) >= 11 is 6.12. The smallest absolute Gasteiger partial charge is 0.125 e. The summed E-state index contributed by atoms with van der Waals surface area (Å²) in [6.45, 7) is 3.78. The zero-order valence-corrected chi connectivity index (χ0v) is 8.69. The molecule has 0 aliphatic heterocycles. The maximum Gasteiger partial charge on any atom is 0.125 e. The van der Waals surface area contributed by atoms with Gasteiger partial charge in [0.1, 0.15) is 5.82 Å². The highest BCUT2D eigenvalue weighted by Crippen LogP contribution is 2.27. The van der Waals surface area contributed by atoms with Gasteiger partial charge in [0.25, 0.3) is 0 Å². The molecular formula is C11H9ClFN. The second kappa shape index (κ2) is 3.21. The lowest BCUT2D eigenvalue weighted by atomic mass is 10.1. The van der Waals surface area contributed by atoms with Crippen molar-refractivity contribution in [3.8, 4) is 0 Å². The monoisotopic (exact) mass is 209 g/mol. The molecule has 0 saturated heterocycles. The largest absolute Gasteiger partial charge is 0.253 e. The fraction of sp³-hybridized carbons (Fsp3) is 0.182. The van der Waals surface area contributed by atoms with Gasteiger partial charge in [0.2, 0.25) is 0 Å². The van der Waals surface area contributed by atoms with Crippen LogP contribution < -0.4 is 0 Å². The molecule has 0 atom stereocenters. The zero-order chi connectivity index (χ0) is 10.3. The summed E-state index contributed by atoms with van der Waals surface area (Å²) in [6.07, 6.45) is 0. The molecule has 3 heteroatoms. The standard InChI is InChI=1S/C11H9ClFN/c1-6-7(2)14-10-5-8(13)3-4-9(10)11(6)12/h3-5H,1-2H3. The van der Waals surface area contributed by atoms with Crippen LogP contribution in [0.3, 0.4) is 0 Å². The van der Waals surface area contributed by atoms with Crippen LogP contribution in [0.5, 0.6) is 0 Å². The molecule has 0 aliphatic carbocycles. The highest BCUT2D eigenvalue weighted by molar-refractivity contribution is 6.36.